The molecule has 2 N–H and O–H groups in total. The van der Waals surface area contributed by atoms with Crippen molar-refractivity contribution in [3.63, 3.8) is 0 Å². The van der Waals surface area contributed by atoms with E-state index in [9.17, 15) is 0 Å². The van der Waals surface area contributed by atoms with Crippen molar-refractivity contribution in [2.45, 2.75) is 39.0 Å². The van der Waals surface area contributed by atoms with Gasteiger partial charge in [-0.3, -0.25) is 0 Å². The van der Waals surface area contributed by atoms with Crippen molar-refractivity contribution in [2.75, 3.05) is 20.3 Å². The first-order valence-corrected chi connectivity index (χ1v) is 6.98. The second kappa shape index (κ2) is 12.9. The summed E-state index contributed by atoms with van der Waals surface area (Å²) in [5.41, 5.74) is 0. The Hall–Kier alpha value is -0.150. The van der Waals surface area contributed by atoms with Crippen molar-refractivity contribution in [2.24, 2.45) is 0 Å². The first-order valence-electron chi connectivity index (χ1n) is 5.85. The molecule has 0 amide bonds. The molecule has 0 aromatic rings. The summed E-state index contributed by atoms with van der Waals surface area (Å²) in [7, 11) is -0.189. The fraction of sp³-hybridized carbons (Fsp3) is 0.818. The van der Waals surface area contributed by atoms with E-state index in [2.05, 4.69) is 22.8 Å². The first-order chi connectivity index (χ1) is 7.81. The van der Waals surface area contributed by atoms with E-state index in [0.717, 1.165) is 25.8 Å². The van der Waals surface area contributed by atoms with Crippen molar-refractivity contribution in [1.29, 1.82) is 0 Å². The Morgan fingerprint density at radius 3 is 2.69 bits per heavy atom. The van der Waals surface area contributed by atoms with Crippen LogP contribution in [0.1, 0.15) is 39.0 Å². The number of hydrogen-bond donors (Lipinski definition) is 2. The molecule has 0 saturated carbocycles. The summed E-state index contributed by atoms with van der Waals surface area (Å²) < 4.78 is 9.64. The lowest BCUT2D eigenvalue weighted by Gasteiger charge is -2.07. The molecule has 16 heavy (non-hydrogen) atoms. The second-order valence-corrected chi connectivity index (χ2v) is 4.53. The second-order valence-electron chi connectivity index (χ2n) is 3.43. The minimum absolute atomic E-state index is 0.583. The maximum Gasteiger partial charge on any atom is 0.329 e. The SMILES string of the molecule is CC/C=C/NCCCCCCOP(O)OC. The summed E-state index contributed by atoms with van der Waals surface area (Å²) in [6.45, 7) is 3.73. The summed E-state index contributed by atoms with van der Waals surface area (Å²) in [6.07, 6.45) is 9.68. The van der Waals surface area contributed by atoms with E-state index in [1.807, 2.05) is 6.20 Å². The zero-order chi connectivity index (χ0) is 12.1. The van der Waals surface area contributed by atoms with Gasteiger partial charge in [0.25, 0.3) is 0 Å². The van der Waals surface area contributed by atoms with Gasteiger partial charge in [-0.25, -0.2) is 0 Å². The molecule has 0 aliphatic heterocycles. The molecule has 0 aliphatic rings. The molecule has 0 fully saturated rings. The highest BCUT2D eigenvalue weighted by atomic mass is 31.2. The van der Waals surface area contributed by atoms with Crippen LogP contribution < -0.4 is 5.32 Å². The maximum absolute atomic E-state index is 8.98. The molecule has 0 spiro atoms. The third kappa shape index (κ3) is 11.9. The van der Waals surface area contributed by atoms with Crippen molar-refractivity contribution in [3.05, 3.63) is 12.3 Å². The molecule has 4 nitrogen and oxygen atoms in total. The molecule has 1 atom stereocenters. The zero-order valence-corrected chi connectivity index (χ0v) is 11.2. The van der Waals surface area contributed by atoms with Gasteiger partial charge in [0.1, 0.15) is 0 Å². The van der Waals surface area contributed by atoms with Gasteiger partial charge in [0, 0.05) is 13.7 Å². The predicted octanol–water partition coefficient (Wildman–Crippen LogP) is 2.94. The largest absolute Gasteiger partial charge is 0.391 e. The third-order valence-electron chi connectivity index (χ3n) is 2.04. The Balaban J connectivity index is 3.01. The molecule has 0 heterocycles. The van der Waals surface area contributed by atoms with Crippen molar-refractivity contribution < 1.29 is 13.9 Å². The van der Waals surface area contributed by atoms with Gasteiger partial charge in [-0.15, -0.1) is 0 Å². The smallest absolute Gasteiger partial charge is 0.329 e. The van der Waals surface area contributed by atoms with Crippen LogP contribution >= 0.6 is 8.60 Å². The minimum atomic E-state index is -1.63. The molecule has 5 heteroatoms. The molecular formula is C11H24NO3P. The Bertz CT molecular complexity index is 167. The highest BCUT2D eigenvalue weighted by Gasteiger charge is 2.01. The third-order valence-corrected chi connectivity index (χ3v) is 2.76. The van der Waals surface area contributed by atoms with Gasteiger partial charge in [-0.1, -0.05) is 25.8 Å². The molecule has 0 bridgehead atoms. The molecule has 0 radical (unpaired) electrons. The van der Waals surface area contributed by atoms with Crippen LogP contribution in [0, 0.1) is 0 Å². The molecule has 0 saturated heterocycles. The van der Waals surface area contributed by atoms with Gasteiger partial charge in [-0.05, 0) is 25.5 Å². The van der Waals surface area contributed by atoms with Crippen LogP contribution in [0.15, 0.2) is 12.3 Å². The molecule has 0 rings (SSSR count). The van der Waals surface area contributed by atoms with Crippen LogP contribution in [0.5, 0.6) is 0 Å². The van der Waals surface area contributed by atoms with Gasteiger partial charge >= 0.3 is 8.60 Å². The number of nitrogens with one attached hydrogen (secondary N) is 1. The number of allylic oxidation sites excluding steroid dienone is 1. The quantitative estimate of drug-likeness (QED) is 0.436. The van der Waals surface area contributed by atoms with Crippen LogP contribution in [-0.2, 0) is 9.05 Å². The van der Waals surface area contributed by atoms with Crippen molar-refractivity contribution in [3.8, 4) is 0 Å². The lowest BCUT2D eigenvalue weighted by Crippen LogP contribution is -2.06. The Morgan fingerprint density at radius 1 is 1.25 bits per heavy atom. The van der Waals surface area contributed by atoms with Gasteiger partial charge in [-0.2, -0.15) is 0 Å². The van der Waals surface area contributed by atoms with Crippen LogP contribution in [-0.4, -0.2) is 25.2 Å². The number of unbranched alkanes of at least 4 members (excludes halogenated alkanes) is 3. The molecule has 1 unspecified atom stereocenters. The minimum Gasteiger partial charge on any atom is -0.391 e. The topological polar surface area (TPSA) is 50.7 Å². The summed E-state index contributed by atoms with van der Waals surface area (Å²) in [5, 5.41) is 3.24. The number of rotatable bonds is 11. The fourth-order valence-corrected chi connectivity index (χ4v) is 1.55. The molecule has 0 aliphatic carbocycles. The Kier molecular flexibility index (Phi) is 12.8. The average Bonchev–Trinajstić information content (AvgIpc) is 2.31. The maximum atomic E-state index is 8.98. The molecular weight excluding hydrogens is 225 g/mol. The van der Waals surface area contributed by atoms with E-state index in [0.29, 0.717) is 6.61 Å². The van der Waals surface area contributed by atoms with E-state index in [1.165, 1.54) is 20.0 Å². The summed E-state index contributed by atoms with van der Waals surface area (Å²) in [6, 6.07) is 0. The fourth-order valence-electron chi connectivity index (χ4n) is 1.16. The lowest BCUT2D eigenvalue weighted by atomic mass is 10.2. The van der Waals surface area contributed by atoms with E-state index in [-0.39, 0.29) is 0 Å². The zero-order valence-electron chi connectivity index (χ0n) is 10.3. The van der Waals surface area contributed by atoms with E-state index < -0.39 is 8.60 Å². The van der Waals surface area contributed by atoms with E-state index >= 15 is 0 Å². The normalized spacial score (nSPS) is 13.2. The van der Waals surface area contributed by atoms with E-state index in [4.69, 9.17) is 9.42 Å². The van der Waals surface area contributed by atoms with Crippen LogP contribution in [0.2, 0.25) is 0 Å². The van der Waals surface area contributed by atoms with Gasteiger partial charge in [0.05, 0.1) is 6.61 Å². The van der Waals surface area contributed by atoms with Crippen molar-refractivity contribution >= 4 is 8.60 Å². The molecule has 0 aromatic heterocycles. The van der Waals surface area contributed by atoms with Crippen LogP contribution in [0.3, 0.4) is 0 Å². The summed E-state index contributed by atoms with van der Waals surface area (Å²) in [4.78, 5) is 8.98. The van der Waals surface area contributed by atoms with Gasteiger partial charge < -0.3 is 19.3 Å². The first kappa shape index (κ1) is 15.9. The Labute approximate surface area is 100 Å². The van der Waals surface area contributed by atoms with E-state index in [1.54, 1.807) is 0 Å². The van der Waals surface area contributed by atoms with Crippen molar-refractivity contribution in [1.82, 2.24) is 5.32 Å². The number of hydrogen-bond acceptors (Lipinski definition) is 4. The van der Waals surface area contributed by atoms with Gasteiger partial charge in [0.2, 0.25) is 0 Å². The average molecular weight is 249 g/mol. The summed E-state index contributed by atoms with van der Waals surface area (Å²) >= 11 is 0. The Morgan fingerprint density at radius 2 is 2.00 bits per heavy atom. The highest BCUT2D eigenvalue weighted by molar-refractivity contribution is 7.40. The van der Waals surface area contributed by atoms with Crippen LogP contribution in [0.25, 0.3) is 0 Å². The standard InChI is InChI=1S/C11H24NO3P/c1-3-4-9-12-10-7-5-6-8-11-15-16(13)14-2/h4,9,12-13H,3,5-8,10-11H2,1-2H3/b9-4+. The lowest BCUT2D eigenvalue weighted by molar-refractivity contribution is 0.224. The predicted molar refractivity (Wildman–Crippen MR) is 68.0 cm³/mol. The summed E-state index contributed by atoms with van der Waals surface area (Å²) in [5.74, 6) is 0. The monoisotopic (exact) mass is 249 g/mol. The van der Waals surface area contributed by atoms with Gasteiger partial charge in [0.15, 0.2) is 0 Å². The highest BCUT2D eigenvalue weighted by Crippen LogP contribution is 2.31. The molecule has 96 valence electrons. The van der Waals surface area contributed by atoms with Crippen LogP contribution in [0.4, 0.5) is 0 Å². The molecule has 0 aromatic carbocycles.